The Bertz CT molecular complexity index is 642. The average molecular weight is 312 g/mol. The summed E-state index contributed by atoms with van der Waals surface area (Å²) in [6.07, 6.45) is 4.11. The van der Waals surface area contributed by atoms with Gasteiger partial charge in [0.15, 0.2) is 0 Å². The van der Waals surface area contributed by atoms with Gasteiger partial charge in [0, 0.05) is 10.7 Å². The molecular formula is C15H15ClFNOS. The highest BCUT2D eigenvalue weighted by Gasteiger charge is 2.25. The number of amides is 1. The largest absolute Gasteiger partial charge is 0.347 e. The molecule has 1 saturated carbocycles. The first-order valence-corrected chi connectivity index (χ1v) is 8.03. The minimum atomic E-state index is -0.278. The Morgan fingerprint density at radius 3 is 2.90 bits per heavy atom. The van der Waals surface area contributed by atoms with Crippen LogP contribution in [0.1, 0.15) is 35.4 Å². The van der Waals surface area contributed by atoms with Crippen molar-refractivity contribution < 1.29 is 9.18 Å². The highest BCUT2D eigenvalue weighted by molar-refractivity contribution is 7.20. The van der Waals surface area contributed by atoms with Gasteiger partial charge in [0.05, 0.1) is 10.3 Å². The van der Waals surface area contributed by atoms with Crippen molar-refractivity contribution in [3.05, 3.63) is 35.0 Å². The van der Waals surface area contributed by atoms with Crippen LogP contribution in [0.3, 0.4) is 0 Å². The molecular weight excluding hydrogens is 297 g/mol. The number of hydrogen-bond donors (Lipinski definition) is 1. The summed E-state index contributed by atoms with van der Waals surface area (Å²) < 4.78 is 14.0. The Morgan fingerprint density at radius 1 is 1.30 bits per heavy atom. The highest BCUT2D eigenvalue weighted by Crippen LogP contribution is 2.28. The van der Waals surface area contributed by atoms with E-state index in [1.54, 1.807) is 12.1 Å². The van der Waals surface area contributed by atoms with E-state index in [1.807, 2.05) is 0 Å². The SMILES string of the molecule is O=C(NC1CCCCC1Cl)c1cc2ccc(F)cc2s1. The summed E-state index contributed by atoms with van der Waals surface area (Å²) in [5, 5.41) is 3.92. The van der Waals surface area contributed by atoms with Crippen molar-refractivity contribution >= 4 is 38.9 Å². The maximum atomic E-state index is 13.2. The number of halogens is 2. The van der Waals surface area contributed by atoms with E-state index < -0.39 is 0 Å². The van der Waals surface area contributed by atoms with Crippen molar-refractivity contribution in [2.24, 2.45) is 0 Å². The van der Waals surface area contributed by atoms with Gasteiger partial charge in [-0.1, -0.05) is 18.9 Å². The average Bonchev–Trinajstić information content (AvgIpc) is 2.84. The molecule has 1 N–H and O–H groups in total. The van der Waals surface area contributed by atoms with E-state index in [1.165, 1.54) is 23.5 Å². The van der Waals surface area contributed by atoms with Gasteiger partial charge in [0.25, 0.3) is 5.91 Å². The predicted molar refractivity (Wildman–Crippen MR) is 81.1 cm³/mol. The van der Waals surface area contributed by atoms with E-state index in [9.17, 15) is 9.18 Å². The molecule has 0 radical (unpaired) electrons. The molecule has 2 unspecified atom stereocenters. The zero-order valence-corrected chi connectivity index (χ0v) is 12.4. The lowest BCUT2D eigenvalue weighted by Crippen LogP contribution is -2.42. The number of alkyl halides is 1. The van der Waals surface area contributed by atoms with Gasteiger partial charge >= 0.3 is 0 Å². The van der Waals surface area contributed by atoms with E-state index in [0.717, 1.165) is 35.8 Å². The number of thiophene rings is 1. The summed E-state index contributed by atoms with van der Waals surface area (Å²) in [5.41, 5.74) is 0. The van der Waals surface area contributed by atoms with Crippen molar-refractivity contribution in [1.29, 1.82) is 0 Å². The van der Waals surface area contributed by atoms with E-state index in [0.29, 0.717) is 4.88 Å². The Hall–Kier alpha value is -1.13. The van der Waals surface area contributed by atoms with E-state index in [-0.39, 0.29) is 23.1 Å². The van der Waals surface area contributed by atoms with Crippen LogP contribution in [0.2, 0.25) is 0 Å². The number of benzene rings is 1. The molecule has 20 heavy (non-hydrogen) atoms. The summed E-state index contributed by atoms with van der Waals surface area (Å²) >= 11 is 7.57. The normalized spacial score (nSPS) is 22.9. The van der Waals surface area contributed by atoms with E-state index in [4.69, 9.17) is 11.6 Å². The third kappa shape index (κ3) is 2.81. The van der Waals surface area contributed by atoms with Gasteiger partial charge in [-0.15, -0.1) is 22.9 Å². The Kier molecular flexibility index (Phi) is 3.94. The van der Waals surface area contributed by atoms with Gasteiger partial charge in [-0.3, -0.25) is 4.79 Å². The smallest absolute Gasteiger partial charge is 0.261 e. The zero-order valence-electron chi connectivity index (χ0n) is 10.9. The maximum Gasteiger partial charge on any atom is 0.261 e. The van der Waals surface area contributed by atoms with Crippen LogP contribution in [0.15, 0.2) is 24.3 Å². The fourth-order valence-electron chi connectivity index (χ4n) is 2.60. The van der Waals surface area contributed by atoms with Crippen molar-refractivity contribution in [2.75, 3.05) is 0 Å². The minimum absolute atomic E-state index is 0.0134. The van der Waals surface area contributed by atoms with Crippen LogP contribution in [0.5, 0.6) is 0 Å². The van der Waals surface area contributed by atoms with E-state index in [2.05, 4.69) is 5.32 Å². The molecule has 0 bridgehead atoms. The number of carbonyl (C=O) groups is 1. The third-order valence-electron chi connectivity index (χ3n) is 3.70. The second-order valence-corrected chi connectivity index (χ2v) is 6.82. The van der Waals surface area contributed by atoms with Crippen LogP contribution < -0.4 is 5.32 Å². The molecule has 3 rings (SSSR count). The van der Waals surface area contributed by atoms with Crippen molar-refractivity contribution in [3.8, 4) is 0 Å². The molecule has 0 aliphatic heterocycles. The van der Waals surface area contributed by atoms with Crippen molar-refractivity contribution in [2.45, 2.75) is 37.1 Å². The summed E-state index contributed by atoms with van der Waals surface area (Å²) in [6, 6.07) is 6.41. The van der Waals surface area contributed by atoms with Crippen molar-refractivity contribution in [1.82, 2.24) is 5.32 Å². The van der Waals surface area contributed by atoms with Crippen LogP contribution in [-0.4, -0.2) is 17.3 Å². The zero-order chi connectivity index (χ0) is 14.1. The van der Waals surface area contributed by atoms with Crippen LogP contribution in [-0.2, 0) is 0 Å². The first-order valence-electron chi connectivity index (χ1n) is 6.77. The quantitative estimate of drug-likeness (QED) is 0.822. The fraction of sp³-hybridized carbons (Fsp3) is 0.400. The molecule has 1 aromatic carbocycles. The number of nitrogens with one attached hydrogen (secondary N) is 1. The molecule has 2 nitrogen and oxygen atoms in total. The van der Waals surface area contributed by atoms with Gasteiger partial charge in [-0.05, 0) is 36.4 Å². The molecule has 1 heterocycles. The highest BCUT2D eigenvalue weighted by atomic mass is 35.5. The monoisotopic (exact) mass is 311 g/mol. The summed E-state index contributed by atoms with van der Waals surface area (Å²) in [4.78, 5) is 12.9. The van der Waals surface area contributed by atoms with Gasteiger partial charge in [0.1, 0.15) is 5.82 Å². The van der Waals surface area contributed by atoms with Crippen LogP contribution in [0.25, 0.3) is 10.1 Å². The van der Waals surface area contributed by atoms with Crippen LogP contribution in [0.4, 0.5) is 4.39 Å². The number of rotatable bonds is 2. The van der Waals surface area contributed by atoms with Gasteiger partial charge in [-0.25, -0.2) is 4.39 Å². The predicted octanol–water partition coefficient (Wildman–Crippen LogP) is 4.32. The molecule has 1 fully saturated rings. The molecule has 1 aliphatic carbocycles. The molecule has 0 spiro atoms. The minimum Gasteiger partial charge on any atom is -0.347 e. The Labute approximate surface area is 125 Å². The lowest BCUT2D eigenvalue weighted by molar-refractivity contribution is 0.0933. The van der Waals surface area contributed by atoms with Gasteiger partial charge < -0.3 is 5.32 Å². The van der Waals surface area contributed by atoms with Crippen LogP contribution in [0, 0.1) is 5.82 Å². The molecule has 2 atom stereocenters. The second-order valence-electron chi connectivity index (χ2n) is 5.17. The summed E-state index contributed by atoms with van der Waals surface area (Å²) in [7, 11) is 0. The standard InChI is InChI=1S/C15H15ClFNOS/c16-11-3-1-2-4-12(11)18-15(19)14-7-9-5-6-10(17)8-13(9)20-14/h5-8,11-12H,1-4H2,(H,18,19). The molecule has 5 heteroatoms. The Morgan fingerprint density at radius 2 is 2.10 bits per heavy atom. The van der Waals surface area contributed by atoms with Gasteiger partial charge in [0.2, 0.25) is 0 Å². The Balaban J connectivity index is 1.78. The molecule has 106 valence electrons. The number of fused-ring (bicyclic) bond motifs is 1. The third-order valence-corrected chi connectivity index (χ3v) is 5.32. The van der Waals surface area contributed by atoms with Crippen molar-refractivity contribution in [3.63, 3.8) is 0 Å². The molecule has 0 saturated heterocycles. The molecule has 1 amide bonds. The topological polar surface area (TPSA) is 29.1 Å². The molecule has 1 aromatic heterocycles. The first kappa shape index (κ1) is 13.8. The number of carbonyl (C=O) groups excluding carboxylic acids is 1. The maximum absolute atomic E-state index is 13.2. The summed E-state index contributed by atoms with van der Waals surface area (Å²) in [5.74, 6) is -0.386. The van der Waals surface area contributed by atoms with Crippen LogP contribution >= 0.6 is 22.9 Å². The van der Waals surface area contributed by atoms with E-state index >= 15 is 0 Å². The lowest BCUT2D eigenvalue weighted by atomic mass is 9.95. The lowest BCUT2D eigenvalue weighted by Gasteiger charge is -2.27. The fourth-order valence-corrected chi connectivity index (χ4v) is 3.94. The first-order chi connectivity index (χ1) is 9.63. The van der Waals surface area contributed by atoms with Gasteiger partial charge in [-0.2, -0.15) is 0 Å². The summed E-state index contributed by atoms with van der Waals surface area (Å²) in [6.45, 7) is 0. The molecule has 1 aliphatic rings. The molecule has 2 aromatic rings. The number of hydrogen-bond acceptors (Lipinski definition) is 2. The second kappa shape index (κ2) is 5.70.